The van der Waals surface area contributed by atoms with Gasteiger partial charge in [-0.05, 0) is 0 Å². The van der Waals surface area contributed by atoms with Gasteiger partial charge in [0.15, 0.2) is 5.78 Å². The minimum Gasteiger partial charge on any atom is -0.297 e. The molecule has 0 atom stereocenters. The quantitative estimate of drug-likeness (QED) is 0.452. The van der Waals surface area contributed by atoms with E-state index in [1.54, 1.807) is 0 Å². The van der Waals surface area contributed by atoms with Gasteiger partial charge in [0, 0.05) is 45.5 Å². The molecule has 74 valence electrons. The summed E-state index contributed by atoms with van der Waals surface area (Å²) in [6.07, 6.45) is 0. The van der Waals surface area contributed by atoms with Crippen molar-refractivity contribution in [2.45, 2.75) is 0 Å². The molecule has 10 heteroatoms. The Bertz CT molecular complexity index is 329. The molecule has 2 N–H and O–H groups in total. The van der Waals surface area contributed by atoms with Gasteiger partial charge in [0.2, 0.25) is 0 Å². The molecule has 0 heterocycles. The SMILES string of the molecule is O=C(CS(=O)(=O)O)CS(=O)(=O)O.[Sr]. The van der Waals surface area contributed by atoms with E-state index >= 15 is 0 Å². The molecule has 0 fully saturated rings. The van der Waals surface area contributed by atoms with E-state index in [0.29, 0.717) is 0 Å². The first-order valence-corrected chi connectivity index (χ1v) is 5.74. The van der Waals surface area contributed by atoms with Gasteiger partial charge in [-0.1, -0.05) is 0 Å². The maximum atomic E-state index is 10.4. The van der Waals surface area contributed by atoms with Crippen LogP contribution in [0.5, 0.6) is 0 Å². The van der Waals surface area contributed by atoms with Gasteiger partial charge in [-0.15, -0.1) is 0 Å². The number of hydrogen-bond donors (Lipinski definition) is 2. The molecule has 0 amide bonds. The molecular formula is C3H6O7S2Sr. The van der Waals surface area contributed by atoms with Gasteiger partial charge >= 0.3 is 0 Å². The third kappa shape index (κ3) is 13.0. The zero-order chi connectivity index (χ0) is 9.99. The molecule has 0 aliphatic rings. The van der Waals surface area contributed by atoms with Crippen LogP contribution in [0.3, 0.4) is 0 Å². The molecule has 13 heavy (non-hydrogen) atoms. The fourth-order valence-corrected chi connectivity index (χ4v) is 1.60. The Morgan fingerprint density at radius 2 is 1.15 bits per heavy atom. The molecule has 2 radical (unpaired) electrons. The summed E-state index contributed by atoms with van der Waals surface area (Å²) in [5, 5.41) is 0. The number of Topliss-reactive ketones (excluding diaryl/α,β-unsaturated/α-hetero) is 1. The maximum Gasteiger partial charge on any atom is 0.272 e. The van der Waals surface area contributed by atoms with Crippen molar-refractivity contribution in [1.29, 1.82) is 0 Å². The second-order valence-corrected chi connectivity index (χ2v) is 4.90. The van der Waals surface area contributed by atoms with E-state index in [4.69, 9.17) is 9.11 Å². The third-order valence-corrected chi connectivity index (χ3v) is 2.06. The Hall–Kier alpha value is 0.971. The minimum atomic E-state index is -4.52. The van der Waals surface area contributed by atoms with Gasteiger partial charge in [-0.25, -0.2) is 0 Å². The molecule has 0 saturated heterocycles. The first-order valence-electron chi connectivity index (χ1n) is 2.52. The Morgan fingerprint density at radius 3 is 1.31 bits per heavy atom. The zero-order valence-electron chi connectivity index (χ0n) is 6.37. The van der Waals surface area contributed by atoms with Crippen LogP contribution in [0.1, 0.15) is 0 Å². The van der Waals surface area contributed by atoms with Crippen LogP contribution in [-0.2, 0) is 25.0 Å². The number of hydrogen-bond acceptors (Lipinski definition) is 5. The summed E-state index contributed by atoms with van der Waals surface area (Å²) in [5.41, 5.74) is 0. The molecule has 0 aromatic carbocycles. The van der Waals surface area contributed by atoms with Crippen molar-refractivity contribution in [3.05, 3.63) is 0 Å². The van der Waals surface area contributed by atoms with Crippen molar-refractivity contribution < 1.29 is 30.7 Å². The molecule has 0 unspecified atom stereocenters. The van der Waals surface area contributed by atoms with Crippen molar-refractivity contribution in [2.75, 3.05) is 11.5 Å². The Kier molecular flexibility index (Phi) is 7.26. The predicted molar refractivity (Wildman–Crippen MR) is 43.6 cm³/mol. The fourth-order valence-electron chi connectivity index (χ4n) is 0.449. The van der Waals surface area contributed by atoms with E-state index in [9.17, 15) is 21.6 Å². The zero-order valence-corrected chi connectivity index (χ0v) is 11.5. The van der Waals surface area contributed by atoms with E-state index in [-0.39, 0.29) is 45.5 Å². The molecule has 0 saturated carbocycles. The van der Waals surface area contributed by atoms with Crippen molar-refractivity contribution >= 4 is 71.5 Å². The van der Waals surface area contributed by atoms with Crippen LogP contribution in [-0.4, -0.2) is 88.7 Å². The number of carbonyl (C=O) groups excluding carboxylic acids is 1. The van der Waals surface area contributed by atoms with Gasteiger partial charge < -0.3 is 0 Å². The molecule has 0 bridgehead atoms. The number of ketones is 1. The van der Waals surface area contributed by atoms with Gasteiger partial charge in [0.1, 0.15) is 11.5 Å². The van der Waals surface area contributed by atoms with Crippen molar-refractivity contribution in [3.8, 4) is 0 Å². The summed E-state index contributed by atoms with van der Waals surface area (Å²) in [4.78, 5) is 10.4. The van der Waals surface area contributed by atoms with Crippen LogP contribution >= 0.6 is 0 Å². The van der Waals surface area contributed by atoms with Gasteiger partial charge in [-0.2, -0.15) is 16.8 Å². The Labute approximate surface area is 112 Å². The number of rotatable bonds is 4. The van der Waals surface area contributed by atoms with E-state index in [1.165, 1.54) is 0 Å². The monoisotopic (exact) mass is 306 g/mol. The average Bonchev–Trinajstić information content (AvgIpc) is 1.49. The summed E-state index contributed by atoms with van der Waals surface area (Å²) in [6, 6.07) is 0. The molecule has 0 aromatic heterocycles. The van der Waals surface area contributed by atoms with Crippen LogP contribution in [0.15, 0.2) is 0 Å². The summed E-state index contributed by atoms with van der Waals surface area (Å²) < 4.78 is 56.1. The predicted octanol–water partition coefficient (Wildman–Crippen LogP) is -2.05. The molecular weight excluding hydrogens is 300 g/mol. The third-order valence-electron chi connectivity index (χ3n) is 0.687. The van der Waals surface area contributed by atoms with E-state index in [1.807, 2.05) is 0 Å². The average molecular weight is 306 g/mol. The summed E-state index contributed by atoms with van der Waals surface area (Å²) in [5.74, 6) is -3.92. The minimum absolute atomic E-state index is 0. The van der Waals surface area contributed by atoms with Crippen molar-refractivity contribution in [3.63, 3.8) is 0 Å². The summed E-state index contributed by atoms with van der Waals surface area (Å²) in [6.45, 7) is 0. The van der Waals surface area contributed by atoms with E-state index < -0.39 is 37.5 Å². The van der Waals surface area contributed by atoms with Gasteiger partial charge in [0.25, 0.3) is 20.2 Å². The molecule has 0 aromatic rings. The molecule has 0 aliphatic heterocycles. The van der Waals surface area contributed by atoms with Crippen molar-refractivity contribution in [2.24, 2.45) is 0 Å². The van der Waals surface area contributed by atoms with E-state index in [0.717, 1.165) is 0 Å². The summed E-state index contributed by atoms with van der Waals surface area (Å²) in [7, 11) is -9.04. The Morgan fingerprint density at radius 1 is 0.923 bits per heavy atom. The van der Waals surface area contributed by atoms with Crippen LogP contribution in [0, 0.1) is 0 Å². The van der Waals surface area contributed by atoms with Crippen LogP contribution in [0.4, 0.5) is 0 Å². The maximum absolute atomic E-state index is 10.4. The largest absolute Gasteiger partial charge is 0.297 e. The smallest absolute Gasteiger partial charge is 0.272 e. The second-order valence-electron chi connectivity index (χ2n) is 1.99. The first kappa shape index (κ1) is 16.4. The normalized spacial score (nSPS) is 11.8. The summed E-state index contributed by atoms with van der Waals surface area (Å²) >= 11 is 0. The van der Waals surface area contributed by atoms with Crippen LogP contribution in [0.25, 0.3) is 0 Å². The number of carbonyl (C=O) groups is 1. The first-order chi connectivity index (χ1) is 5.10. The van der Waals surface area contributed by atoms with Gasteiger partial charge in [0.05, 0.1) is 0 Å². The van der Waals surface area contributed by atoms with Crippen LogP contribution in [0.2, 0.25) is 0 Å². The van der Waals surface area contributed by atoms with Crippen LogP contribution < -0.4 is 0 Å². The second kappa shape index (κ2) is 5.76. The van der Waals surface area contributed by atoms with E-state index in [2.05, 4.69) is 0 Å². The molecule has 0 rings (SSSR count). The standard InChI is InChI=1S/C3H6O7S2.Sr/c4-3(1-11(5,6)7)2-12(8,9)10;/h1-2H2,(H,5,6,7)(H,8,9,10);. The topological polar surface area (TPSA) is 126 Å². The molecule has 0 aliphatic carbocycles. The molecule has 7 nitrogen and oxygen atoms in total. The Balaban J connectivity index is 0. The van der Waals surface area contributed by atoms with Gasteiger partial charge in [-0.3, -0.25) is 13.9 Å². The van der Waals surface area contributed by atoms with Crippen molar-refractivity contribution in [1.82, 2.24) is 0 Å². The molecule has 0 spiro atoms. The fraction of sp³-hybridized carbons (Fsp3) is 0.667.